The summed E-state index contributed by atoms with van der Waals surface area (Å²) >= 11 is 0. The van der Waals surface area contributed by atoms with Crippen LogP contribution in [0.2, 0.25) is 0 Å². The third-order valence-electron chi connectivity index (χ3n) is 4.23. The van der Waals surface area contributed by atoms with Gasteiger partial charge in [0.15, 0.2) is 0 Å². The van der Waals surface area contributed by atoms with Crippen LogP contribution in [0, 0.1) is 20.8 Å². The zero-order chi connectivity index (χ0) is 15.4. The Hall–Kier alpha value is -1.60. The summed E-state index contributed by atoms with van der Waals surface area (Å²) in [4.78, 5) is 0. The summed E-state index contributed by atoms with van der Waals surface area (Å²) in [6.07, 6.45) is 1.10. The highest BCUT2D eigenvalue weighted by Gasteiger charge is 2.16. The van der Waals surface area contributed by atoms with Crippen LogP contribution in [-0.4, -0.2) is 0 Å². The predicted molar refractivity (Wildman–Crippen MR) is 91.7 cm³/mol. The first-order valence-corrected chi connectivity index (χ1v) is 7.91. The fraction of sp³-hybridized carbons (Fsp3) is 0.400. The fourth-order valence-electron chi connectivity index (χ4n) is 3.39. The number of aryl methyl sites for hydroxylation is 3. The van der Waals surface area contributed by atoms with Crippen LogP contribution in [0.5, 0.6) is 0 Å². The molecule has 1 N–H and O–H groups in total. The second-order valence-corrected chi connectivity index (χ2v) is 6.07. The lowest BCUT2D eigenvalue weighted by Gasteiger charge is -2.26. The highest BCUT2D eigenvalue weighted by atomic mass is 14.9. The standard InChI is InChI=1S/C20H27N/c1-6-19(18-10-8-7-9-11-18)21-17(5)20-15(3)12-14(2)13-16(20)4/h7-13,17,19,21H,6H2,1-5H3. The van der Waals surface area contributed by atoms with E-state index in [2.05, 4.69) is 82.4 Å². The molecule has 0 aromatic heterocycles. The van der Waals surface area contributed by atoms with E-state index in [0.29, 0.717) is 12.1 Å². The molecule has 0 spiro atoms. The van der Waals surface area contributed by atoms with Crippen LogP contribution in [0.1, 0.15) is 60.2 Å². The average molecular weight is 281 g/mol. The largest absolute Gasteiger partial charge is 0.303 e. The lowest BCUT2D eigenvalue weighted by atomic mass is 9.93. The number of nitrogens with one attached hydrogen (secondary N) is 1. The van der Waals surface area contributed by atoms with Crippen molar-refractivity contribution in [3.05, 3.63) is 70.3 Å². The molecule has 0 amide bonds. The molecule has 1 nitrogen and oxygen atoms in total. The van der Waals surface area contributed by atoms with E-state index in [1.807, 2.05) is 0 Å². The van der Waals surface area contributed by atoms with E-state index < -0.39 is 0 Å². The molecule has 0 saturated carbocycles. The van der Waals surface area contributed by atoms with Crippen molar-refractivity contribution in [3.63, 3.8) is 0 Å². The Balaban J connectivity index is 2.23. The normalized spacial score (nSPS) is 14.0. The molecule has 0 aliphatic carbocycles. The predicted octanol–water partition coefficient (Wildman–Crippen LogP) is 5.41. The lowest BCUT2D eigenvalue weighted by Crippen LogP contribution is -2.25. The van der Waals surface area contributed by atoms with Gasteiger partial charge in [-0.05, 0) is 56.4 Å². The number of hydrogen-bond acceptors (Lipinski definition) is 1. The maximum Gasteiger partial charge on any atom is 0.0323 e. The Labute approximate surface area is 129 Å². The molecule has 1 heteroatoms. The molecule has 0 aliphatic rings. The average Bonchev–Trinajstić information content (AvgIpc) is 2.44. The molecule has 0 fully saturated rings. The van der Waals surface area contributed by atoms with E-state index >= 15 is 0 Å². The summed E-state index contributed by atoms with van der Waals surface area (Å²) < 4.78 is 0. The van der Waals surface area contributed by atoms with E-state index in [0.717, 1.165) is 6.42 Å². The summed E-state index contributed by atoms with van der Waals surface area (Å²) in [7, 11) is 0. The summed E-state index contributed by atoms with van der Waals surface area (Å²) in [6, 6.07) is 16.1. The molecule has 0 saturated heterocycles. The van der Waals surface area contributed by atoms with Crippen LogP contribution in [0.15, 0.2) is 42.5 Å². The zero-order valence-electron chi connectivity index (χ0n) is 13.9. The van der Waals surface area contributed by atoms with Crippen molar-refractivity contribution in [1.29, 1.82) is 0 Å². The van der Waals surface area contributed by atoms with Gasteiger partial charge in [0.25, 0.3) is 0 Å². The van der Waals surface area contributed by atoms with Crippen molar-refractivity contribution < 1.29 is 0 Å². The highest BCUT2D eigenvalue weighted by Crippen LogP contribution is 2.27. The molecule has 2 aromatic rings. The number of rotatable bonds is 5. The van der Waals surface area contributed by atoms with Crippen LogP contribution in [0.4, 0.5) is 0 Å². The molecular formula is C20H27N. The van der Waals surface area contributed by atoms with Crippen molar-refractivity contribution >= 4 is 0 Å². The molecule has 112 valence electrons. The maximum atomic E-state index is 3.80. The van der Waals surface area contributed by atoms with E-state index in [4.69, 9.17) is 0 Å². The second kappa shape index (κ2) is 6.91. The zero-order valence-corrected chi connectivity index (χ0v) is 13.9. The molecule has 0 radical (unpaired) electrons. The van der Waals surface area contributed by atoms with Gasteiger partial charge in [-0.25, -0.2) is 0 Å². The first-order valence-electron chi connectivity index (χ1n) is 7.91. The SMILES string of the molecule is CCC(NC(C)c1c(C)cc(C)cc1C)c1ccccc1. The smallest absolute Gasteiger partial charge is 0.0323 e. The van der Waals surface area contributed by atoms with E-state index in [-0.39, 0.29) is 0 Å². The van der Waals surface area contributed by atoms with Crippen molar-refractivity contribution in [3.8, 4) is 0 Å². The maximum absolute atomic E-state index is 3.80. The quantitative estimate of drug-likeness (QED) is 0.772. The second-order valence-electron chi connectivity index (χ2n) is 6.07. The van der Waals surface area contributed by atoms with Gasteiger partial charge in [0.2, 0.25) is 0 Å². The fourth-order valence-corrected chi connectivity index (χ4v) is 3.39. The van der Waals surface area contributed by atoms with Crippen molar-refractivity contribution in [2.75, 3.05) is 0 Å². The molecule has 2 atom stereocenters. The summed E-state index contributed by atoms with van der Waals surface area (Å²) in [5, 5.41) is 3.80. The third-order valence-corrected chi connectivity index (χ3v) is 4.23. The van der Waals surface area contributed by atoms with Gasteiger partial charge in [0.05, 0.1) is 0 Å². The van der Waals surface area contributed by atoms with Crippen LogP contribution < -0.4 is 5.32 Å². The van der Waals surface area contributed by atoms with Gasteiger partial charge in [-0.3, -0.25) is 0 Å². The molecule has 2 rings (SSSR count). The molecule has 2 aromatic carbocycles. The van der Waals surface area contributed by atoms with E-state index in [1.54, 1.807) is 0 Å². The van der Waals surface area contributed by atoms with Crippen LogP contribution in [0.3, 0.4) is 0 Å². The van der Waals surface area contributed by atoms with Gasteiger partial charge in [0.1, 0.15) is 0 Å². The molecule has 0 heterocycles. The third kappa shape index (κ3) is 3.74. The van der Waals surface area contributed by atoms with Gasteiger partial charge in [0, 0.05) is 12.1 Å². The molecule has 0 bridgehead atoms. The molecular weight excluding hydrogens is 254 g/mol. The minimum Gasteiger partial charge on any atom is -0.303 e. The Kier molecular flexibility index (Phi) is 5.19. The van der Waals surface area contributed by atoms with Gasteiger partial charge in [-0.15, -0.1) is 0 Å². The van der Waals surface area contributed by atoms with Crippen LogP contribution >= 0.6 is 0 Å². The van der Waals surface area contributed by atoms with E-state index in [1.165, 1.54) is 27.8 Å². The Morgan fingerprint density at radius 1 is 0.952 bits per heavy atom. The van der Waals surface area contributed by atoms with Crippen molar-refractivity contribution in [2.45, 2.75) is 53.1 Å². The van der Waals surface area contributed by atoms with Gasteiger partial charge >= 0.3 is 0 Å². The summed E-state index contributed by atoms with van der Waals surface area (Å²) in [5.41, 5.74) is 6.92. The lowest BCUT2D eigenvalue weighted by molar-refractivity contribution is 0.454. The molecule has 0 aliphatic heterocycles. The minimum atomic E-state index is 0.357. The van der Waals surface area contributed by atoms with Gasteiger partial charge in [-0.1, -0.05) is 55.0 Å². The first kappa shape index (κ1) is 15.8. The summed E-state index contributed by atoms with van der Waals surface area (Å²) in [5.74, 6) is 0. The van der Waals surface area contributed by atoms with Crippen LogP contribution in [-0.2, 0) is 0 Å². The topological polar surface area (TPSA) is 12.0 Å². The molecule has 21 heavy (non-hydrogen) atoms. The van der Waals surface area contributed by atoms with Crippen molar-refractivity contribution in [1.82, 2.24) is 5.32 Å². The highest BCUT2D eigenvalue weighted by molar-refractivity contribution is 5.39. The Bertz CT molecular complexity index is 563. The number of hydrogen-bond donors (Lipinski definition) is 1. The first-order chi connectivity index (χ1) is 10.0. The summed E-state index contributed by atoms with van der Waals surface area (Å²) in [6.45, 7) is 11.1. The minimum absolute atomic E-state index is 0.357. The number of benzene rings is 2. The molecule has 2 unspecified atom stereocenters. The van der Waals surface area contributed by atoms with E-state index in [9.17, 15) is 0 Å². The Morgan fingerprint density at radius 3 is 2.05 bits per heavy atom. The van der Waals surface area contributed by atoms with Gasteiger partial charge < -0.3 is 5.32 Å². The van der Waals surface area contributed by atoms with Crippen LogP contribution in [0.25, 0.3) is 0 Å². The monoisotopic (exact) mass is 281 g/mol. The van der Waals surface area contributed by atoms with Gasteiger partial charge in [-0.2, -0.15) is 0 Å². The Morgan fingerprint density at radius 2 is 1.52 bits per heavy atom. The van der Waals surface area contributed by atoms with Crippen molar-refractivity contribution in [2.24, 2.45) is 0 Å².